The second kappa shape index (κ2) is 5.22. The van der Waals surface area contributed by atoms with Crippen LogP contribution >= 0.6 is 11.3 Å². The summed E-state index contributed by atoms with van der Waals surface area (Å²) in [5, 5.41) is 12.1. The molecule has 0 fully saturated rings. The lowest BCUT2D eigenvalue weighted by Gasteiger charge is -2.01. The molecule has 5 nitrogen and oxygen atoms in total. The summed E-state index contributed by atoms with van der Waals surface area (Å²) in [5.74, 6) is 0.128. The molecule has 1 amide bonds. The minimum atomic E-state index is -0.188. The molecule has 0 saturated carbocycles. The number of rotatable bonds is 3. The summed E-state index contributed by atoms with van der Waals surface area (Å²) in [7, 11) is 0. The number of nitrogens with zero attached hydrogens (tertiary/aromatic N) is 3. The van der Waals surface area contributed by atoms with Crippen molar-refractivity contribution in [3.63, 3.8) is 0 Å². The summed E-state index contributed by atoms with van der Waals surface area (Å²) in [5.41, 5.74) is 1.38. The highest BCUT2D eigenvalue weighted by molar-refractivity contribution is 7.15. The van der Waals surface area contributed by atoms with Crippen LogP contribution in [-0.4, -0.2) is 21.1 Å². The van der Waals surface area contributed by atoms with E-state index in [0.717, 1.165) is 10.7 Å². The smallest absolute Gasteiger partial charge is 0.257 e. The van der Waals surface area contributed by atoms with Gasteiger partial charge in [-0.05, 0) is 19.1 Å². The van der Waals surface area contributed by atoms with Crippen LogP contribution in [0.25, 0.3) is 0 Å². The van der Waals surface area contributed by atoms with Gasteiger partial charge in [0.1, 0.15) is 5.01 Å². The van der Waals surface area contributed by atoms with E-state index < -0.39 is 0 Å². The molecular formula is C12H14N4OS. The van der Waals surface area contributed by atoms with Gasteiger partial charge in [0.05, 0.1) is 0 Å². The van der Waals surface area contributed by atoms with Crippen LogP contribution in [0.1, 0.15) is 40.8 Å². The summed E-state index contributed by atoms with van der Waals surface area (Å²) in [6.45, 7) is 5.93. The second-order valence-corrected chi connectivity index (χ2v) is 5.25. The molecule has 0 bridgehead atoms. The first kappa shape index (κ1) is 12.6. The van der Waals surface area contributed by atoms with Gasteiger partial charge in [-0.15, -0.1) is 10.2 Å². The third kappa shape index (κ3) is 2.89. The lowest BCUT2D eigenvalue weighted by atomic mass is 10.2. The largest absolute Gasteiger partial charge is 0.296 e. The van der Waals surface area contributed by atoms with Crippen molar-refractivity contribution in [1.82, 2.24) is 15.2 Å². The van der Waals surface area contributed by atoms with Crippen molar-refractivity contribution >= 4 is 22.4 Å². The van der Waals surface area contributed by atoms with Crippen LogP contribution in [-0.2, 0) is 0 Å². The number of carbonyl (C=O) groups excluding carboxylic acids is 1. The molecule has 2 aromatic rings. The first-order valence-electron chi connectivity index (χ1n) is 5.63. The van der Waals surface area contributed by atoms with Crippen LogP contribution in [0, 0.1) is 6.92 Å². The maximum absolute atomic E-state index is 11.9. The van der Waals surface area contributed by atoms with Crippen molar-refractivity contribution in [3.8, 4) is 0 Å². The number of amides is 1. The average Bonchev–Trinajstić information content (AvgIpc) is 2.77. The Bertz CT molecular complexity index is 565. The predicted octanol–water partition coefficient (Wildman–Crippen LogP) is 2.62. The van der Waals surface area contributed by atoms with E-state index in [-0.39, 0.29) is 5.91 Å². The van der Waals surface area contributed by atoms with Crippen molar-refractivity contribution in [2.75, 3.05) is 5.32 Å². The summed E-state index contributed by atoms with van der Waals surface area (Å²) in [4.78, 5) is 16.0. The molecule has 0 saturated heterocycles. The third-order valence-corrected chi connectivity index (χ3v) is 3.45. The van der Waals surface area contributed by atoms with E-state index in [0.29, 0.717) is 16.6 Å². The number of hydrogen-bond acceptors (Lipinski definition) is 5. The van der Waals surface area contributed by atoms with Crippen LogP contribution in [0.2, 0.25) is 0 Å². The van der Waals surface area contributed by atoms with Crippen molar-refractivity contribution in [3.05, 3.63) is 34.6 Å². The van der Waals surface area contributed by atoms with Gasteiger partial charge < -0.3 is 0 Å². The highest BCUT2D eigenvalue weighted by atomic mass is 32.1. The minimum absolute atomic E-state index is 0.188. The Morgan fingerprint density at radius 3 is 2.78 bits per heavy atom. The summed E-state index contributed by atoms with van der Waals surface area (Å²) in [6, 6.07) is 3.41. The van der Waals surface area contributed by atoms with Gasteiger partial charge in [-0.2, -0.15) is 0 Å². The van der Waals surface area contributed by atoms with Crippen molar-refractivity contribution in [1.29, 1.82) is 0 Å². The molecule has 0 atom stereocenters. The fraction of sp³-hybridized carbons (Fsp3) is 0.333. The zero-order chi connectivity index (χ0) is 13.1. The van der Waals surface area contributed by atoms with Crippen LogP contribution < -0.4 is 5.32 Å². The molecule has 0 radical (unpaired) electrons. The molecule has 2 heterocycles. The van der Waals surface area contributed by atoms with Gasteiger partial charge in [0.15, 0.2) is 0 Å². The standard InChI is InChI=1S/C12H14N4OS/c1-7(2)11-15-16-12(18-11)14-10(17)9-4-5-13-8(3)6-9/h4-7H,1-3H3,(H,14,16,17). The fourth-order valence-electron chi connectivity index (χ4n) is 1.37. The van der Waals surface area contributed by atoms with E-state index >= 15 is 0 Å². The highest BCUT2D eigenvalue weighted by Gasteiger charge is 2.11. The van der Waals surface area contributed by atoms with Gasteiger partial charge in [-0.3, -0.25) is 15.1 Å². The Labute approximate surface area is 109 Å². The number of pyridine rings is 1. The molecule has 0 aromatic carbocycles. The zero-order valence-electron chi connectivity index (χ0n) is 10.5. The number of nitrogens with one attached hydrogen (secondary N) is 1. The molecule has 0 aliphatic heterocycles. The van der Waals surface area contributed by atoms with Gasteiger partial charge in [0.25, 0.3) is 5.91 Å². The van der Waals surface area contributed by atoms with Gasteiger partial charge >= 0.3 is 0 Å². The fourth-order valence-corrected chi connectivity index (χ4v) is 2.12. The van der Waals surface area contributed by atoms with E-state index in [1.165, 1.54) is 11.3 Å². The maximum Gasteiger partial charge on any atom is 0.257 e. The zero-order valence-corrected chi connectivity index (χ0v) is 11.3. The molecule has 2 aromatic heterocycles. The van der Waals surface area contributed by atoms with Crippen molar-refractivity contribution in [2.24, 2.45) is 0 Å². The number of hydrogen-bond donors (Lipinski definition) is 1. The minimum Gasteiger partial charge on any atom is -0.296 e. The Hall–Kier alpha value is -1.82. The van der Waals surface area contributed by atoms with Gasteiger partial charge in [0.2, 0.25) is 5.13 Å². The molecule has 2 rings (SSSR count). The molecule has 0 spiro atoms. The Balaban J connectivity index is 2.11. The number of anilines is 1. The molecule has 18 heavy (non-hydrogen) atoms. The number of aromatic nitrogens is 3. The predicted molar refractivity (Wildman–Crippen MR) is 70.9 cm³/mol. The summed E-state index contributed by atoms with van der Waals surface area (Å²) in [6.07, 6.45) is 1.61. The van der Waals surface area contributed by atoms with E-state index in [4.69, 9.17) is 0 Å². The molecule has 0 unspecified atom stereocenters. The topological polar surface area (TPSA) is 67.8 Å². The third-order valence-electron chi connectivity index (χ3n) is 2.31. The van der Waals surface area contributed by atoms with Crippen molar-refractivity contribution < 1.29 is 4.79 Å². The molecule has 1 N–H and O–H groups in total. The molecule has 0 aliphatic carbocycles. The van der Waals surface area contributed by atoms with Crippen LogP contribution in [0.15, 0.2) is 18.3 Å². The summed E-state index contributed by atoms with van der Waals surface area (Å²) < 4.78 is 0. The molecular weight excluding hydrogens is 248 g/mol. The van der Waals surface area contributed by atoms with Gasteiger partial charge in [0, 0.05) is 23.4 Å². The van der Waals surface area contributed by atoms with E-state index in [1.54, 1.807) is 18.3 Å². The van der Waals surface area contributed by atoms with Crippen LogP contribution in [0.4, 0.5) is 5.13 Å². The number of carbonyl (C=O) groups is 1. The van der Waals surface area contributed by atoms with E-state index in [2.05, 4.69) is 20.5 Å². The normalized spacial score (nSPS) is 10.7. The van der Waals surface area contributed by atoms with Gasteiger partial charge in [-0.1, -0.05) is 25.2 Å². The lowest BCUT2D eigenvalue weighted by Crippen LogP contribution is -2.12. The molecule has 0 aliphatic rings. The monoisotopic (exact) mass is 262 g/mol. The first-order chi connectivity index (χ1) is 8.56. The maximum atomic E-state index is 11.9. The highest BCUT2D eigenvalue weighted by Crippen LogP contribution is 2.22. The number of aryl methyl sites for hydroxylation is 1. The van der Waals surface area contributed by atoms with Gasteiger partial charge in [-0.25, -0.2) is 0 Å². The quantitative estimate of drug-likeness (QED) is 0.923. The first-order valence-corrected chi connectivity index (χ1v) is 6.45. The van der Waals surface area contributed by atoms with E-state index in [1.807, 2.05) is 20.8 Å². The molecule has 94 valence electrons. The average molecular weight is 262 g/mol. The van der Waals surface area contributed by atoms with E-state index in [9.17, 15) is 4.79 Å². The van der Waals surface area contributed by atoms with Crippen LogP contribution in [0.3, 0.4) is 0 Å². The Morgan fingerprint density at radius 2 is 2.17 bits per heavy atom. The Morgan fingerprint density at radius 1 is 1.39 bits per heavy atom. The van der Waals surface area contributed by atoms with Crippen LogP contribution in [0.5, 0.6) is 0 Å². The van der Waals surface area contributed by atoms with Crippen molar-refractivity contribution in [2.45, 2.75) is 26.7 Å². The SMILES string of the molecule is Cc1cc(C(=O)Nc2nnc(C(C)C)s2)ccn1. The molecule has 6 heteroatoms. The Kier molecular flexibility index (Phi) is 3.66. The lowest BCUT2D eigenvalue weighted by molar-refractivity contribution is 0.102. The summed E-state index contributed by atoms with van der Waals surface area (Å²) >= 11 is 1.40. The second-order valence-electron chi connectivity index (χ2n) is 4.24.